The zero-order valence-electron chi connectivity index (χ0n) is 12.9. The maximum absolute atomic E-state index is 12.7. The van der Waals surface area contributed by atoms with Crippen LogP contribution in [0.3, 0.4) is 0 Å². The molecule has 2 aromatic rings. The van der Waals surface area contributed by atoms with E-state index in [-0.39, 0.29) is 35.1 Å². The fourth-order valence-corrected chi connectivity index (χ4v) is 2.28. The van der Waals surface area contributed by atoms with Gasteiger partial charge in [-0.2, -0.15) is 23.5 Å². The van der Waals surface area contributed by atoms with Gasteiger partial charge in [-0.25, -0.2) is 4.68 Å². The third-order valence-electron chi connectivity index (χ3n) is 3.24. The number of halogens is 4. The minimum Gasteiger partial charge on any atom is -0.469 e. The molecule has 0 saturated heterocycles. The van der Waals surface area contributed by atoms with Gasteiger partial charge in [0, 0.05) is 6.54 Å². The molecule has 0 saturated carbocycles. The molecule has 0 bridgehead atoms. The summed E-state index contributed by atoms with van der Waals surface area (Å²) in [7, 11) is 1.25. The first-order valence-corrected chi connectivity index (χ1v) is 7.31. The second-order valence-electron chi connectivity index (χ2n) is 4.85. The van der Waals surface area contributed by atoms with Crippen LogP contribution in [0.4, 0.5) is 19.0 Å². The summed E-state index contributed by atoms with van der Waals surface area (Å²) in [5, 5.41) is 15.8. The van der Waals surface area contributed by atoms with E-state index in [0.717, 1.165) is 18.2 Å². The van der Waals surface area contributed by atoms with E-state index in [1.54, 1.807) is 0 Å². The van der Waals surface area contributed by atoms with Gasteiger partial charge in [-0.05, 0) is 18.2 Å². The molecular formula is C15H12ClF3N4O2. The lowest BCUT2D eigenvalue weighted by atomic mass is 10.2. The molecule has 0 fully saturated rings. The maximum atomic E-state index is 12.7. The molecule has 0 unspecified atom stereocenters. The predicted octanol–water partition coefficient (Wildman–Crippen LogP) is 3.39. The first-order valence-electron chi connectivity index (χ1n) is 6.94. The Kier molecular flexibility index (Phi) is 5.54. The highest BCUT2D eigenvalue weighted by Crippen LogP contribution is 2.34. The van der Waals surface area contributed by atoms with Gasteiger partial charge in [-0.1, -0.05) is 11.6 Å². The van der Waals surface area contributed by atoms with Crippen LogP contribution in [0.25, 0.3) is 5.69 Å². The average molecular weight is 373 g/mol. The first kappa shape index (κ1) is 18.6. The lowest BCUT2D eigenvalue weighted by Crippen LogP contribution is -2.13. The molecule has 132 valence electrons. The maximum Gasteiger partial charge on any atom is 0.416 e. The van der Waals surface area contributed by atoms with Crippen LogP contribution in [0.1, 0.15) is 17.5 Å². The number of alkyl halides is 3. The van der Waals surface area contributed by atoms with Crippen LogP contribution in [0.2, 0.25) is 5.02 Å². The number of rotatable bonds is 5. The number of aromatic nitrogens is 2. The van der Waals surface area contributed by atoms with Crippen molar-refractivity contribution in [3.8, 4) is 11.8 Å². The van der Waals surface area contributed by atoms with Gasteiger partial charge in [0.25, 0.3) is 0 Å². The topological polar surface area (TPSA) is 79.9 Å². The highest BCUT2D eigenvalue weighted by molar-refractivity contribution is 6.32. The lowest BCUT2D eigenvalue weighted by Gasteiger charge is -2.13. The standard InChI is InChI=1S/C15H12ClF3N4O2/c1-25-13(24)4-5-21-14-9(7-20)8-22-23(14)12-3-2-10(6-11(12)16)15(17,18)19/h2-3,6,8,21H,4-5H2,1H3. The van der Waals surface area contributed by atoms with Gasteiger partial charge in [0.05, 0.1) is 36.0 Å². The average Bonchev–Trinajstić information content (AvgIpc) is 2.96. The molecule has 6 nitrogen and oxygen atoms in total. The number of ether oxygens (including phenoxy) is 1. The molecule has 0 aliphatic carbocycles. The lowest BCUT2D eigenvalue weighted by molar-refractivity contribution is -0.140. The number of nitrogens with one attached hydrogen (secondary N) is 1. The molecular weight excluding hydrogens is 361 g/mol. The van der Waals surface area contributed by atoms with Crippen molar-refractivity contribution in [3.05, 3.63) is 40.5 Å². The molecule has 0 radical (unpaired) electrons. The Morgan fingerprint density at radius 1 is 1.48 bits per heavy atom. The number of nitriles is 1. The van der Waals surface area contributed by atoms with E-state index in [1.165, 1.54) is 18.0 Å². The minimum atomic E-state index is -4.52. The molecule has 10 heteroatoms. The van der Waals surface area contributed by atoms with Gasteiger partial charge in [0.2, 0.25) is 0 Å². The molecule has 1 N–H and O–H groups in total. The molecule has 2 rings (SSSR count). The normalized spacial score (nSPS) is 11.0. The Morgan fingerprint density at radius 2 is 2.20 bits per heavy atom. The zero-order chi connectivity index (χ0) is 18.6. The molecule has 0 aliphatic heterocycles. The fourth-order valence-electron chi connectivity index (χ4n) is 2.02. The van der Waals surface area contributed by atoms with Gasteiger partial charge < -0.3 is 10.1 Å². The second-order valence-corrected chi connectivity index (χ2v) is 5.25. The predicted molar refractivity (Wildman–Crippen MR) is 83.4 cm³/mol. The van der Waals surface area contributed by atoms with E-state index in [9.17, 15) is 18.0 Å². The Hall–Kier alpha value is -2.73. The van der Waals surface area contributed by atoms with Crippen molar-refractivity contribution in [1.82, 2.24) is 9.78 Å². The summed E-state index contributed by atoms with van der Waals surface area (Å²) in [4.78, 5) is 11.2. The number of hydrogen-bond acceptors (Lipinski definition) is 5. The van der Waals surface area contributed by atoms with Crippen molar-refractivity contribution in [1.29, 1.82) is 5.26 Å². The van der Waals surface area contributed by atoms with Crippen LogP contribution in [0.15, 0.2) is 24.4 Å². The van der Waals surface area contributed by atoms with Crippen LogP contribution in [0, 0.1) is 11.3 Å². The Bertz CT molecular complexity index is 827. The van der Waals surface area contributed by atoms with Gasteiger partial charge in [-0.15, -0.1) is 0 Å². The van der Waals surface area contributed by atoms with Crippen LogP contribution in [0.5, 0.6) is 0 Å². The number of methoxy groups -OCH3 is 1. The summed E-state index contributed by atoms with van der Waals surface area (Å²) < 4.78 is 43.9. The Balaban J connectivity index is 2.35. The number of anilines is 1. The molecule has 1 aromatic carbocycles. The first-order chi connectivity index (χ1) is 11.8. The van der Waals surface area contributed by atoms with Crippen molar-refractivity contribution in [3.63, 3.8) is 0 Å². The van der Waals surface area contributed by atoms with Gasteiger partial charge in [0.1, 0.15) is 17.5 Å². The molecule has 0 amide bonds. The smallest absolute Gasteiger partial charge is 0.416 e. The van der Waals surface area contributed by atoms with Crippen LogP contribution < -0.4 is 5.32 Å². The Morgan fingerprint density at radius 3 is 2.76 bits per heavy atom. The summed E-state index contributed by atoms with van der Waals surface area (Å²) in [6.45, 7) is 0.144. The summed E-state index contributed by atoms with van der Waals surface area (Å²) >= 11 is 5.96. The summed E-state index contributed by atoms with van der Waals surface area (Å²) in [6, 6.07) is 4.71. The molecule has 25 heavy (non-hydrogen) atoms. The van der Waals surface area contributed by atoms with Crippen molar-refractivity contribution >= 4 is 23.4 Å². The molecule has 0 atom stereocenters. The fraction of sp³-hybridized carbons (Fsp3) is 0.267. The number of esters is 1. The van der Waals surface area contributed by atoms with E-state index in [2.05, 4.69) is 15.2 Å². The van der Waals surface area contributed by atoms with Crippen molar-refractivity contribution in [2.45, 2.75) is 12.6 Å². The molecule has 0 aliphatic rings. The number of hydrogen-bond donors (Lipinski definition) is 1. The highest BCUT2D eigenvalue weighted by Gasteiger charge is 2.31. The van der Waals surface area contributed by atoms with Crippen LogP contribution >= 0.6 is 11.6 Å². The van der Waals surface area contributed by atoms with Gasteiger partial charge >= 0.3 is 12.1 Å². The van der Waals surface area contributed by atoms with Gasteiger partial charge in [-0.3, -0.25) is 4.79 Å². The van der Waals surface area contributed by atoms with Gasteiger partial charge in [0.15, 0.2) is 0 Å². The number of carbonyl (C=O) groups is 1. The SMILES string of the molecule is COC(=O)CCNc1c(C#N)cnn1-c1ccc(C(F)(F)F)cc1Cl. The van der Waals surface area contributed by atoms with Crippen LogP contribution in [-0.2, 0) is 15.7 Å². The summed E-state index contributed by atoms with van der Waals surface area (Å²) in [6.07, 6.45) is -3.24. The molecule has 0 spiro atoms. The number of nitrogens with zero attached hydrogens (tertiary/aromatic N) is 3. The summed E-state index contributed by atoms with van der Waals surface area (Å²) in [5.41, 5.74) is -0.577. The zero-order valence-corrected chi connectivity index (χ0v) is 13.6. The van der Waals surface area contributed by atoms with E-state index in [0.29, 0.717) is 0 Å². The second kappa shape index (κ2) is 7.44. The van der Waals surface area contributed by atoms with E-state index in [1.807, 2.05) is 6.07 Å². The molecule has 1 aromatic heterocycles. The van der Waals surface area contributed by atoms with E-state index < -0.39 is 17.7 Å². The third kappa shape index (κ3) is 4.22. The quantitative estimate of drug-likeness (QED) is 0.814. The number of benzene rings is 1. The molecule has 1 heterocycles. The Labute approximate surface area is 145 Å². The largest absolute Gasteiger partial charge is 0.469 e. The van der Waals surface area contributed by atoms with E-state index >= 15 is 0 Å². The van der Waals surface area contributed by atoms with Crippen molar-refractivity contribution < 1.29 is 22.7 Å². The minimum absolute atomic E-state index is 0.0350. The van der Waals surface area contributed by atoms with Crippen LogP contribution in [-0.4, -0.2) is 29.4 Å². The van der Waals surface area contributed by atoms with E-state index in [4.69, 9.17) is 16.9 Å². The van der Waals surface area contributed by atoms with Crippen molar-refractivity contribution in [2.75, 3.05) is 19.0 Å². The third-order valence-corrected chi connectivity index (χ3v) is 3.54. The summed E-state index contributed by atoms with van der Waals surface area (Å²) in [5.74, 6) is -0.238. The van der Waals surface area contributed by atoms with Crippen molar-refractivity contribution in [2.24, 2.45) is 0 Å². The number of carbonyl (C=O) groups excluding carboxylic acids is 1. The monoisotopic (exact) mass is 372 g/mol. The highest BCUT2D eigenvalue weighted by atomic mass is 35.5.